The van der Waals surface area contributed by atoms with Crippen LogP contribution in [0.1, 0.15) is 105 Å². The molecule has 1 aromatic rings. The molecule has 42 heavy (non-hydrogen) atoms. The van der Waals surface area contributed by atoms with E-state index in [-0.39, 0.29) is 24.7 Å². The highest BCUT2D eigenvalue weighted by Crippen LogP contribution is 2.67. The highest BCUT2D eigenvalue weighted by atomic mass is 19.2. The van der Waals surface area contributed by atoms with E-state index in [0.717, 1.165) is 36.5 Å². The van der Waals surface area contributed by atoms with Crippen LogP contribution >= 0.6 is 0 Å². The van der Waals surface area contributed by atoms with E-state index in [2.05, 4.69) is 40.7 Å². The topological polar surface area (TPSA) is 38.7 Å². The summed E-state index contributed by atoms with van der Waals surface area (Å²) in [7, 11) is 0. The molecule has 3 nitrogen and oxygen atoms in total. The second-order valence-corrected chi connectivity index (χ2v) is 14.9. The Hall–Kier alpha value is -1.60. The molecule has 3 saturated carbocycles. The number of aliphatic hydroxyl groups is 1. The van der Waals surface area contributed by atoms with Crippen LogP contribution in [0.5, 0.6) is 5.75 Å². The number of ether oxygens (including phenoxy) is 2. The van der Waals surface area contributed by atoms with Gasteiger partial charge in [-0.05, 0) is 84.9 Å². The average molecular weight is 595 g/mol. The van der Waals surface area contributed by atoms with Gasteiger partial charge in [-0.3, -0.25) is 0 Å². The van der Waals surface area contributed by atoms with Crippen LogP contribution in [0.25, 0.3) is 0 Å². The SMILES string of the molecule is CC(C)CCC[C@@H](C)[C@H]1CC[C@H]2[C@@H]3CC=C4C[C@](O)(OCCOc5c(F)c(F)cc(F)c5F)CC[C@]4(C)[C@H]3CC[C@]12C. The Morgan fingerprint density at radius 2 is 1.62 bits per heavy atom. The molecule has 7 heteroatoms. The summed E-state index contributed by atoms with van der Waals surface area (Å²) in [4.78, 5) is 0. The van der Waals surface area contributed by atoms with Crippen LogP contribution in [0.2, 0.25) is 0 Å². The van der Waals surface area contributed by atoms with Crippen LogP contribution in [-0.2, 0) is 4.74 Å². The van der Waals surface area contributed by atoms with Gasteiger partial charge >= 0.3 is 0 Å². The highest BCUT2D eigenvalue weighted by molar-refractivity contribution is 5.29. The third-order valence-electron chi connectivity index (χ3n) is 12.1. The second-order valence-electron chi connectivity index (χ2n) is 14.9. The maximum absolute atomic E-state index is 13.9. The van der Waals surface area contributed by atoms with Crippen molar-refractivity contribution >= 4 is 0 Å². The number of rotatable bonds is 10. The Balaban J connectivity index is 1.20. The van der Waals surface area contributed by atoms with Gasteiger partial charge in [0, 0.05) is 18.9 Å². The van der Waals surface area contributed by atoms with Gasteiger partial charge in [0.05, 0.1) is 6.61 Å². The zero-order chi connectivity index (χ0) is 30.4. The normalized spacial score (nSPS) is 36.7. The largest absolute Gasteiger partial charge is 0.485 e. The van der Waals surface area contributed by atoms with E-state index in [4.69, 9.17) is 9.47 Å². The number of benzene rings is 1. The average Bonchev–Trinajstić information content (AvgIpc) is 3.29. The molecule has 0 spiro atoms. The van der Waals surface area contributed by atoms with Crippen LogP contribution in [0.3, 0.4) is 0 Å². The summed E-state index contributed by atoms with van der Waals surface area (Å²) in [5.41, 5.74) is 1.70. The van der Waals surface area contributed by atoms with Crippen molar-refractivity contribution in [3.05, 3.63) is 41.0 Å². The van der Waals surface area contributed by atoms with E-state index >= 15 is 0 Å². The molecule has 0 heterocycles. The zero-order valence-electron chi connectivity index (χ0n) is 26.1. The number of halogens is 4. The van der Waals surface area contributed by atoms with Gasteiger partial charge in [-0.2, -0.15) is 8.78 Å². The van der Waals surface area contributed by atoms with Gasteiger partial charge in [0.15, 0.2) is 23.2 Å². The Labute approximate surface area is 249 Å². The van der Waals surface area contributed by atoms with Crippen molar-refractivity contribution in [1.82, 2.24) is 0 Å². The highest BCUT2D eigenvalue weighted by Gasteiger charge is 2.60. The van der Waals surface area contributed by atoms with E-state index < -0.39 is 34.8 Å². The van der Waals surface area contributed by atoms with Crippen molar-refractivity contribution < 1.29 is 32.1 Å². The fourth-order valence-electron chi connectivity index (χ4n) is 9.82. The summed E-state index contributed by atoms with van der Waals surface area (Å²) in [5, 5.41) is 11.3. The molecule has 236 valence electrons. The molecule has 0 unspecified atom stereocenters. The molecular weight excluding hydrogens is 544 g/mol. The van der Waals surface area contributed by atoms with Gasteiger partial charge in [-0.15, -0.1) is 0 Å². The van der Waals surface area contributed by atoms with Crippen molar-refractivity contribution in [2.75, 3.05) is 13.2 Å². The standard InChI is InChI=1S/C35H50F4O3/c1-21(2)7-6-8-22(3)25-11-12-26-24-10-9-23-20-35(40,16-15-33(23,4)27(24)13-14-34(25,26)5)42-18-17-41-32-30(38)28(36)19-29(37)31(32)39/h9,19,21-22,24-27,40H,6-8,10-18,20H2,1-5H3/t22-,24+,25-,26+,27+,33+,34-,35-/m1/s1. The molecule has 0 radical (unpaired) electrons. The van der Waals surface area contributed by atoms with Gasteiger partial charge in [-0.25, -0.2) is 8.78 Å². The second kappa shape index (κ2) is 12.1. The quantitative estimate of drug-likeness (QED) is 0.0964. The number of hydrogen-bond acceptors (Lipinski definition) is 3. The summed E-state index contributed by atoms with van der Waals surface area (Å²) in [6, 6.07) is 0.144. The van der Waals surface area contributed by atoms with Crippen molar-refractivity contribution in [3.63, 3.8) is 0 Å². The minimum Gasteiger partial charge on any atom is -0.485 e. The minimum atomic E-state index is -1.58. The first kappa shape index (κ1) is 31.8. The molecule has 0 amide bonds. The van der Waals surface area contributed by atoms with Crippen LogP contribution in [0, 0.1) is 69.6 Å². The molecule has 0 aliphatic heterocycles. The fourth-order valence-corrected chi connectivity index (χ4v) is 9.82. The first-order valence-electron chi connectivity index (χ1n) is 16.3. The van der Waals surface area contributed by atoms with E-state index in [1.807, 2.05) is 0 Å². The summed E-state index contributed by atoms with van der Waals surface area (Å²) >= 11 is 0. The van der Waals surface area contributed by atoms with Crippen molar-refractivity contribution in [2.45, 2.75) is 111 Å². The molecule has 1 aromatic carbocycles. The maximum atomic E-state index is 13.9. The fraction of sp³-hybridized carbons (Fsp3) is 0.771. The molecule has 0 aromatic heterocycles. The Morgan fingerprint density at radius 3 is 2.31 bits per heavy atom. The number of hydrogen-bond donors (Lipinski definition) is 1. The first-order chi connectivity index (χ1) is 19.8. The van der Waals surface area contributed by atoms with Crippen LogP contribution in [0.4, 0.5) is 17.6 Å². The maximum Gasteiger partial charge on any atom is 0.203 e. The third kappa shape index (κ3) is 5.78. The lowest BCUT2D eigenvalue weighted by molar-refractivity contribution is -0.227. The molecule has 4 aliphatic carbocycles. The molecule has 3 fully saturated rings. The lowest BCUT2D eigenvalue weighted by Crippen LogP contribution is -2.53. The molecule has 4 aliphatic rings. The summed E-state index contributed by atoms with van der Waals surface area (Å²) < 4.78 is 65.5. The van der Waals surface area contributed by atoms with E-state index in [0.29, 0.717) is 30.1 Å². The lowest BCUT2D eigenvalue weighted by atomic mass is 9.46. The zero-order valence-corrected chi connectivity index (χ0v) is 26.1. The monoisotopic (exact) mass is 594 g/mol. The minimum absolute atomic E-state index is 0.0304. The van der Waals surface area contributed by atoms with E-state index in [9.17, 15) is 22.7 Å². The Bertz CT molecular complexity index is 1140. The van der Waals surface area contributed by atoms with Crippen molar-refractivity contribution in [3.8, 4) is 5.75 Å². The molecule has 8 atom stereocenters. The van der Waals surface area contributed by atoms with Crippen LogP contribution < -0.4 is 4.74 Å². The molecule has 5 rings (SSSR count). The molecular formula is C35H50F4O3. The van der Waals surface area contributed by atoms with Crippen molar-refractivity contribution in [2.24, 2.45) is 46.3 Å². The van der Waals surface area contributed by atoms with Gasteiger partial charge in [0.25, 0.3) is 0 Å². The number of fused-ring (bicyclic) bond motifs is 5. The molecule has 1 N–H and O–H groups in total. The third-order valence-corrected chi connectivity index (χ3v) is 12.1. The van der Waals surface area contributed by atoms with Crippen molar-refractivity contribution in [1.29, 1.82) is 0 Å². The summed E-state index contributed by atoms with van der Waals surface area (Å²) in [6.07, 6.45) is 14.3. The smallest absolute Gasteiger partial charge is 0.203 e. The van der Waals surface area contributed by atoms with Crippen LogP contribution in [-0.4, -0.2) is 24.1 Å². The van der Waals surface area contributed by atoms with Gasteiger partial charge in [-0.1, -0.05) is 65.5 Å². The Kier molecular flexibility index (Phi) is 9.14. The Morgan fingerprint density at radius 1 is 0.905 bits per heavy atom. The molecule has 0 saturated heterocycles. The van der Waals surface area contributed by atoms with Gasteiger partial charge in [0.1, 0.15) is 6.61 Å². The summed E-state index contributed by atoms with van der Waals surface area (Å²) in [5.74, 6) is -4.32. The first-order valence-corrected chi connectivity index (χ1v) is 16.3. The summed E-state index contributed by atoms with van der Waals surface area (Å²) in [6.45, 7) is 11.6. The van der Waals surface area contributed by atoms with Crippen LogP contribution in [0.15, 0.2) is 17.7 Å². The van der Waals surface area contributed by atoms with E-state index in [1.165, 1.54) is 50.5 Å². The lowest BCUT2D eigenvalue weighted by Gasteiger charge is -2.59. The van der Waals surface area contributed by atoms with E-state index in [1.54, 1.807) is 0 Å². The van der Waals surface area contributed by atoms with Gasteiger partial charge < -0.3 is 14.6 Å². The van der Waals surface area contributed by atoms with Gasteiger partial charge in [0.2, 0.25) is 11.6 Å². The number of allylic oxidation sites excluding steroid dienone is 1. The predicted octanol–water partition coefficient (Wildman–Crippen LogP) is 9.37. The molecule has 0 bridgehead atoms. The predicted molar refractivity (Wildman–Crippen MR) is 156 cm³/mol.